The van der Waals surface area contributed by atoms with Gasteiger partial charge in [-0.05, 0) is 106 Å². The largest absolute Gasteiger partial charge is 0.508 e. The normalized spacial score (nSPS) is 15.8. The van der Waals surface area contributed by atoms with Gasteiger partial charge in [0.05, 0.1) is 11.5 Å². The standard InChI is InChI=1S/C29H44N2O4S/c1-3-19-31(25-11-14-27-24(21-25)10-15-29(33)28(27)22-32)20-7-5-4-6-17-30-18-16-23-8-12-26(13-9-23)36(2,34)35/h8-10,12-13,15,25,30,32-33H,3-7,11,14,16-22H2,1-2H3. The Labute approximate surface area is 217 Å². The fourth-order valence-corrected chi connectivity index (χ4v) is 5.96. The third kappa shape index (κ3) is 8.30. The van der Waals surface area contributed by atoms with Crippen molar-refractivity contribution in [3.8, 4) is 5.75 Å². The summed E-state index contributed by atoms with van der Waals surface area (Å²) in [7, 11) is -3.13. The number of nitrogens with one attached hydrogen (secondary N) is 1. The zero-order valence-corrected chi connectivity index (χ0v) is 22.8. The van der Waals surface area contributed by atoms with Gasteiger partial charge in [-0.2, -0.15) is 0 Å². The fourth-order valence-electron chi connectivity index (χ4n) is 5.33. The number of aliphatic hydroxyl groups is 1. The van der Waals surface area contributed by atoms with Gasteiger partial charge in [0.1, 0.15) is 5.75 Å². The number of fused-ring (bicyclic) bond motifs is 1. The van der Waals surface area contributed by atoms with Crippen LogP contribution in [0.15, 0.2) is 41.3 Å². The Balaban J connectivity index is 1.31. The predicted molar refractivity (Wildman–Crippen MR) is 146 cm³/mol. The van der Waals surface area contributed by atoms with Crippen molar-refractivity contribution in [3.05, 3.63) is 58.7 Å². The topological polar surface area (TPSA) is 89.9 Å². The lowest BCUT2D eigenvalue weighted by Crippen LogP contribution is -2.40. The molecule has 3 N–H and O–H groups in total. The van der Waals surface area contributed by atoms with Crippen LogP contribution in [0.4, 0.5) is 0 Å². The molecule has 0 aromatic heterocycles. The van der Waals surface area contributed by atoms with Crippen molar-refractivity contribution in [1.82, 2.24) is 10.2 Å². The monoisotopic (exact) mass is 516 g/mol. The Kier molecular flexibility index (Phi) is 11.2. The Morgan fingerprint density at radius 2 is 1.75 bits per heavy atom. The number of unbranched alkanes of at least 4 members (excludes halogenated alkanes) is 3. The predicted octanol–water partition coefficient (Wildman–Crippen LogP) is 4.25. The molecule has 200 valence electrons. The fraction of sp³-hybridized carbons (Fsp3) is 0.586. The molecule has 7 heteroatoms. The summed E-state index contributed by atoms with van der Waals surface area (Å²) in [6.45, 7) is 6.33. The SMILES string of the molecule is CCCN(CCCCCCNCCc1ccc(S(C)(=O)=O)cc1)C1CCc2c(ccc(O)c2CO)C1. The summed E-state index contributed by atoms with van der Waals surface area (Å²) in [6, 6.07) is 11.5. The van der Waals surface area contributed by atoms with Crippen LogP contribution in [0.25, 0.3) is 0 Å². The van der Waals surface area contributed by atoms with Crippen molar-refractivity contribution in [3.63, 3.8) is 0 Å². The van der Waals surface area contributed by atoms with Gasteiger partial charge in [-0.25, -0.2) is 8.42 Å². The molecule has 0 spiro atoms. The van der Waals surface area contributed by atoms with Crippen LogP contribution < -0.4 is 5.32 Å². The lowest BCUT2D eigenvalue weighted by Gasteiger charge is -2.36. The smallest absolute Gasteiger partial charge is 0.175 e. The lowest BCUT2D eigenvalue weighted by atomic mass is 9.84. The average Bonchev–Trinajstić information content (AvgIpc) is 2.86. The molecule has 0 fully saturated rings. The highest BCUT2D eigenvalue weighted by atomic mass is 32.2. The summed E-state index contributed by atoms with van der Waals surface area (Å²) in [4.78, 5) is 3.03. The summed E-state index contributed by atoms with van der Waals surface area (Å²) in [5.41, 5.74) is 4.31. The second-order valence-electron chi connectivity index (χ2n) is 10.1. The van der Waals surface area contributed by atoms with Crippen LogP contribution >= 0.6 is 0 Å². The molecular formula is C29H44N2O4S. The molecule has 0 amide bonds. The van der Waals surface area contributed by atoms with Crippen molar-refractivity contribution in [2.24, 2.45) is 0 Å². The van der Waals surface area contributed by atoms with Crippen LogP contribution in [0.1, 0.15) is 67.7 Å². The van der Waals surface area contributed by atoms with Crippen LogP contribution in [-0.4, -0.2) is 62.0 Å². The minimum atomic E-state index is -3.13. The van der Waals surface area contributed by atoms with Crippen LogP contribution in [0.5, 0.6) is 5.75 Å². The molecule has 2 aromatic carbocycles. The highest BCUT2D eigenvalue weighted by Gasteiger charge is 2.26. The zero-order chi connectivity index (χ0) is 26.0. The molecule has 36 heavy (non-hydrogen) atoms. The minimum absolute atomic E-state index is 0.0916. The first-order chi connectivity index (χ1) is 17.3. The number of aliphatic hydroxyl groups excluding tert-OH is 1. The van der Waals surface area contributed by atoms with E-state index in [4.69, 9.17) is 0 Å². The molecule has 1 unspecified atom stereocenters. The quantitative estimate of drug-likeness (QED) is 0.307. The molecule has 1 aliphatic rings. The van der Waals surface area contributed by atoms with Gasteiger partial charge in [-0.3, -0.25) is 0 Å². The van der Waals surface area contributed by atoms with Crippen LogP contribution in [-0.2, 0) is 35.7 Å². The second-order valence-corrected chi connectivity index (χ2v) is 12.1. The number of hydrogen-bond acceptors (Lipinski definition) is 6. The Morgan fingerprint density at radius 3 is 2.44 bits per heavy atom. The summed E-state index contributed by atoms with van der Waals surface area (Å²) >= 11 is 0. The molecule has 0 saturated heterocycles. The van der Waals surface area contributed by atoms with Crippen molar-refractivity contribution in [2.45, 2.75) is 82.3 Å². The van der Waals surface area contributed by atoms with Crippen molar-refractivity contribution in [2.75, 3.05) is 32.4 Å². The highest BCUT2D eigenvalue weighted by molar-refractivity contribution is 7.90. The molecule has 2 aromatic rings. The number of sulfone groups is 1. The molecule has 6 nitrogen and oxygen atoms in total. The van der Waals surface area contributed by atoms with E-state index in [0.717, 1.165) is 69.4 Å². The maximum Gasteiger partial charge on any atom is 0.175 e. The van der Waals surface area contributed by atoms with Gasteiger partial charge in [0.2, 0.25) is 0 Å². The van der Waals surface area contributed by atoms with E-state index in [-0.39, 0.29) is 12.4 Å². The average molecular weight is 517 g/mol. The number of hydrogen-bond donors (Lipinski definition) is 3. The first-order valence-electron chi connectivity index (χ1n) is 13.5. The first-order valence-corrected chi connectivity index (χ1v) is 15.4. The van der Waals surface area contributed by atoms with E-state index < -0.39 is 9.84 Å². The maximum atomic E-state index is 11.5. The minimum Gasteiger partial charge on any atom is -0.508 e. The third-order valence-electron chi connectivity index (χ3n) is 7.36. The number of benzene rings is 2. The lowest BCUT2D eigenvalue weighted by molar-refractivity contribution is 0.175. The molecule has 0 aliphatic heterocycles. The molecule has 0 saturated carbocycles. The third-order valence-corrected chi connectivity index (χ3v) is 8.49. The maximum absolute atomic E-state index is 11.5. The molecule has 0 bridgehead atoms. The highest BCUT2D eigenvalue weighted by Crippen LogP contribution is 2.32. The Hall–Kier alpha value is -1.93. The van der Waals surface area contributed by atoms with Gasteiger partial charge in [0.15, 0.2) is 9.84 Å². The van der Waals surface area contributed by atoms with Gasteiger partial charge in [-0.15, -0.1) is 0 Å². The van der Waals surface area contributed by atoms with E-state index in [0.29, 0.717) is 16.5 Å². The van der Waals surface area contributed by atoms with Gasteiger partial charge >= 0.3 is 0 Å². The van der Waals surface area contributed by atoms with Gasteiger partial charge in [0.25, 0.3) is 0 Å². The van der Waals surface area contributed by atoms with Crippen LogP contribution in [0.3, 0.4) is 0 Å². The van der Waals surface area contributed by atoms with Crippen molar-refractivity contribution < 1.29 is 18.6 Å². The van der Waals surface area contributed by atoms with Crippen molar-refractivity contribution in [1.29, 1.82) is 0 Å². The molecule has 3 rings (SSSR count). The summed E-state index contributed by atoms with van der Waals surface area (Å²) in [6.07, 6.45) is 11.2. The van der Waals surface area contributed by atoms with Crippen molar-refractivity contribution >= 4 is 9.84 Å². The first kappa shape index (κ1) is 28.6. The van der Waals surface area contributed by atoms with E-state index in [1.54, 1.807) is 18.2 Å². The number of aromatic hydroxyl groups is 1. The Morgan fingerprint density at radius 1 is 1.00 bits per heavy atom. The van der Waals surface area contributed by atoms with Gasteiger partial charge < -0.3 is 20.4 Å². The van der Waals surface area contributed by atoms with Gasteiger partial charge in [-0.1, -0.05) is 38.0 Å². The van der Waals surface area contributed by atoms with Gasteiger partial charge in [0, 0.05) is 17.9 Å². The number of rotatable bonds is 15. The molecule has 0 radical (unpaired) electrons. The zero-order valence-electron chi connectivity index (χ0n) is 22.0. The molecule has 1 atom stereocenters. The summed E-state index contributed by atoms with van der Waals surface area (Å²) in [5.74, 6) is 0.220. The second kappa shape index (κ2) is 14.1. The van der Waals surface area contributed by atoms with E-state index in [1.165, 1.54) is 37.5 Å². The molecular weight excluding hydrogens is 472 g/mol. The number of phenols is 1. The van der Waals surface area contributed by atoms with E-state index in [9.17, 15) is 18.6 Å². The van der Waals surface area contributed by atoms with E-state index in [1.807, 2.05) is 18.2 Å². The van der Waals surface area contributed by atoms with E-state index in [2.05, 4.69) is 17.1 Å². The number of nitrogens with zero attached hydrogens (tertiary/aromatic N) is 1. The summed E-state index contributed by atoms with van der Waals surface area (Å²) in [5, 5.41) is 23.2. The Bertz CT molecular complexity index is 1050. The molecule has 0 heterocycles. The molecule has 1 aliphatic carbocycles. The van der Waals surface area contributed by atoms with E-state index >= 15 is 0 Å². The summed E-state index contributed by atoms with van der Waals surface area (Å²) < 4.78 is 23.1. The van der Waals surface area contributed by atoms with Crippen LogP contribution in [0, 0.1) is 0 Å². The van der Waals surface area contributed by atoms with Crippen LogP contribution in [0.2, 0.25) is 0 Å².